The molecule has 0 aromatic heterocycles. The largest absolute Gasteiger partial charge is 0.465 e. The van der Waals surface area contributed by atoms with Crippen LogP contribution < -0.4 is 0 Å². The molecule has 4 aliphatic heterocycles. The molecule has 35 heavy (non-hydrogen) atoms. The van der Waals surface area contributed by atoms with Gasteiger partial charge in [0.2, 0.25) is 11.8 Å². The second-order valence-corrected chi connectivity index (χ2v) is 11.8. The van der Waals surface area contributed by atoms with Gasteiger partial charge in [0.1, 0.15) is 6.04 Å². The van der Waals surface area contributed by atoms with E-state index in [1.165, 1.54) is 0 Å². The maximum absolute atomic E-state index is 14.2. The first-order valence-electron chi connectivity index (χ1n) is 13.4. The first-order chi connectivity index (χ1) is 17.0. The number of nitrogens with zero attached hydrogens (tertiary/aromatic N) is 2. The van der Waals surface area contributed by atoms with Gasteiger partial charge < -0.3 is 19.6 Å². The molecule has 0 aliphatic carbocycles. The number of likely N-dealkylation sites (tertiary alicyclic amines) is 1. The molecule has 6 atom stereocenters. The SMILES string of the molecule is CCCC(C)N1CC=C[C@]23S[C@@H]4/C=C\CCCCOC(=O)[C@@H]4[C@H]2C(=O)N(CCCCCO)C3C1=O. The van der Waals surface area contributed by atoms with E-state index in [0.717, 1.165) is 44.9 Å². The van der Waals surface area contributed by atoms with E-state index in [0.29, 0.717) is 26.1 Å². The number of aliphatic hydroxyl groups is 1. The number of carbonyl (C=O) groups is 3. The zero-order chi connectivity index (χ0) is 25.0. The second kappa shape index (κ2) is 11.5. The molecule has 8 heteroatoms. The van der Waals surface area contributed by atoms with Crippen molar-refractivity contribution in [3.63, 3.8) is 0 Å². The summed E-state index contributed by atoms with van der Waals surface area (Å²) in [7, 11) is 0. The Morgan fingerprint density at radius 3 is 2.77 bits per heavy atom. The summed E-state index contributed by atoms with van der Waals surface area (Å²) < 4.78 is 4.88. The fraction of sp³-hybridized carbons (Fsp3) is 0.741. The lowest BCUT2D eigenvalue weighted by molar-refractivity contribution is -0.153. The van der Waals surface area contributed by atoms with Crippen LogP contribution >= 0.6 is 11.8 Å². The van der Waals surface area contributed by atoms with Crippen LogP contribution in [0.5, 0.6) is 0 Å². The van der Waals surface area contributed by atoms with E-state index in [9.17, 15) is 19.5 Å². The van der Waals surface area contributed by atoms with Crippen LogP contribution in [0.2, 0.25) is 0 Å². The number of amides is 2. The molecule has 2 unspecified atom stereocenters. The van der Waals surface area contributed by atoms with Crippen molar-refractivity contribution in [1.29, 1.82) is 0 Å². The monoisotopic (exact) mass is 504 g/mol. The molecule has 0 radical (unpaired) electrons. The predicted molar refractivity (Wildman–Crippen MR) is 137 cm³/mol. The van der Waals surface area contributed by atoms with Crippen molar-refractivity contribution >= 4 is 29.5 Å². The Bertz CT molecular complexity index is 861. The van der Waals surface area contributed by atoms with Crippen molar-refractivity contribution < 1.29 is 24.2 Å². The third-order valence-corrected chi connectivity index (χ3v) is 9.67. The van der Waals surface area contributed by atoms with Crippen LogP contribution in [-0.2, 0) is 19.1 Å². The van der Waals surface area contributed by atoms with Gasteiger partial charge in [-0.15, -0.1) is 11.8 Å². The smallest absolute Gasteiger partial charge is 0.311 e. The summed E-state index contributed by atoms with van der Waals surface area (Å²) >= 11 is 1.61. The third-order valence-electron chi connectivity index (χ3n) is 7.93. The minimum atomic E-state index is -0.779. The Hall–Kier alpha value is -1.80. The molecule has 4 rings (SSSR count). The lowest BCUT2D eigenvalue weighted by Crippen LogP contribution is -2.55. The summed E-state index contributed by atoms with van der Waals surface area (Å²) in [6.07, 6.45) is 15.1. The van der Waals surface area contributed by atoms with Crippen molar-refractivity contribution in [3.8, 4) is 0 Å². The number of ether oxygens (including phenoxy) is 1. The van der Waals surface area contributed by atoms with E-state index >= 15 is 0 Å². The lowest BCUT2D eigenvalue weighted by atomic mass is 9.78. The summed E-state index contributed by atoms with van der Waals surface area (Å²) in [5.41, 5.74) is 0. The van der Waals surface area contributed by atoms with Crippen molar-refractivity contribution in [1.82, 2.24) is 9.80 Å². The number of rotatable bonds is 8. The van der Waals surface area contributed by atoms with Crippen LogP contribution in [0.1, 0.15) is 65.2 Å². The molecule has 1 N–H and O–H groups in total. The molecule has 0 aromatic carbocycles. The molecule has 2 saturated heterocycles. The number of carbonyl (C=O) groups excluding carboxylic acids is 3. The Kier molecular flexibility index (Phi) is 8.63. The minimum Gasteiger partial charge on any atom is -0.465 e. The van der Waals surface area contributed by atoms with Crippen LogP contribution in [0, 0.1) is 11.8 Å². The topological polar surface area (TPSA) is 87.2 Å². The molecule has 7 nitrogen and oxygen atoms in total. The molecule has 2 amide bonds. The highest BCUT2D eigenvalue weighted by molar-refractivity contribution is 8.02. The molecule has 0 bridgehead atoms. The summed E-state index contributed by atoms with van der Waals surface area (Å²) in [4.78, 5) is 45.2. The summed E-state index contributed by atoms with van der Waals surface area (Å²) in [6, 6.07) is -0.550. The fourth-order valence-corrected chi connectivity index (χ4v) is 8.22. The van der Waals surface area contributed by atoms with Gasteiger partial charge in [-0.05, 0) is 51.9 Å². The number of allylic oxidation sites excluding steroid dienone is 1. The van der Waals surface area contributed by atoms with Crippen molar-refractivity contribution in [2.24, 2.45) is 11.8 Å². The normalized spacial score (nSPS) is 34.7. The lowest BCUT2D eigenvalue weighted by Gasteiger charge is -2.37. The maximum atomic E-state index is 14.2. The number of cyclic esters (lactones) is 1. The highest BCUT2D eigenvalue weighted by Crippen LogP contribution is 2.60. The quantitative estimate of drug-likeness (QED) is 0.310. The van der Waals surface area contributed by atoms with Crippen LogP contribution in [0.15, 0.2) is 24.3 Å². The Labute approximate surface area is 213 Å². The summed E-state index contributed by atoms with van der Waals surface area (Å²) in [6.45, 7) is 5.67. The van der Waals surface area contributed by atoms with Gasteiger partial charge in [0.25, 0.3) is 0 Å². The number of aliphatic hydroxyl groups excluding tert-OH is 1. The zero-order valence-corrected chi connectivity index (χ0v) is 21.9. The van der Waals surface area contributed by atoms with Gasteiger partial charge in [-0.1, -0.05) is 37.6 Å². The number of hydrogen-bond donors (Lipinski definition) is 1. The molecule has 194 valence electrons. The predicted octanol–water partition coefficient (Wildman–Crippen LogP) is 3.32. The van der Waals surface area contributed by atoms with E-state index in [1.807, 2.05) is 11.0 Å². The van der Waals surface area contributed by atoms with Gasteiger partial charge in [-0.2, -0.15) is 0 Å². The van der Waals surface area contributed by atoms with Gasteiger partial charge in [-0.25, -0.2) is 0 Å². The molecule has 4 aliphatic rings. The first-order valence-corrected chi connectivity index (χ1v) is 14.2. The molecular formula is C27H40N2O5S. The molecule has 0 saturated carbocycles. The van der Waals surface area contributed by atoms with Crippen molar-refractivity contribution in [2.45, 2.75) is 87.3 Å². The second-order valence-electron chi connectivity index (χ2n) is 10.3. The Balaban J connectivity index is 1.74. The molecule has 1 spiro atoms. The average Bonchev–Trinajstić information content (AvgIpc) is 3.21. The summed E-state index contributed by atoms with van der Waals surface area (Å²) in [5, 5.41) is 9.00. The van der Waals surface area contributed by atoms with Crippen LogP contribution in [0.3, 0.4) is 0 Å². The van der Waals surface area contributed by atoms with Gasteiger partial charge in [0.15, 0.2) is 0 Å². The number of fused-ring (bicyclic) bond motifs is 2. The fourth-order valence-electron chi connectivity index (χ4n) is 6.21. The van der Waals surface area contributed by atoms with E-state index in [2.05, 4.69) is 32.1 Å². The van der Waals surface area contributed by atoms with Gasteiger partial charge >= 0.3 is 5.97 Å². The highest BCUT2D eigenvalue weighted by atomic mass is 32.2. The van der Waals surface area contributed by atoms with Gasteiger partial charge in [-0.3, -0.25) is 14.4 Å². The van der Waals surface area contributed by atoms with Gasteiger partial charge in [0.05, 0.1) is 23.2 Å². The zero-order valence-electron chi connectivity index (χ0n) is 21.1. The van der Waals surface area contributed by atoms with Gasteiger partial charge in [0, 0.05) is 31.0 Å². The molecule has 0 aromatic rings. The Morgan fingerprint density at radius 2 is 2.00 bits per heavy atom. The van der Waals surface area contributed by atoms with Crippen LogP contribution in [-0.4, -0.2) is 81.1 Å². The van der Waals surface area contributed by atoms with Crippen LogP contribution in [0.4, 0.5) is 0 Å². The van der Waals surface area contributed by atoms with E-state index in [4.69, 9.17) is 4.74 Å². The molecule has 4 heterocycles. The van der Waals surface area contributed by atoms with Crippen molar-refractivity contribution in [3.05, 3.63) is 24.3 Å². The van der Waals surface area contributed by atoms with Crippen LogP contribution in [0.25, 0.3) is 0 Å². The average molecular weight is 505 g/mol. The van der Waals surface area contributed by atoms with E-state index < -0.39 is 22.6 Å². The third kappa shape index (κ3) is 4.93. The number of unbranched alkanes of at least 4 members (excludes halogenated alkanes) is 2. The maximum Gasteiger partial charge on any atom is 0.311 e. The number of hydrogen-bond acceptors (Lipinski definition) is 6. The van der Waals surface area contributed by atoms with E-state index in [1.54, 1.807) is 16.7 Å². The number of thioether (sulfide) groups is 1. The molecule has 2 fully saturated rings. The Morgan fingerprint density at radius 1 is 1.17 bits per heavy atom. The highest BCUT2D eigenvalue weighted by Gasteiger charge is 2.70. The van der Waals surface area contributed by atoms with E-state index in [-0.39, 0.29) is 35.7 Å². The number of esters is 1. The minimum absolute atomic E-state index is 0.0116. The standard InChI is InChI=1S/C27H40N2O5S/c1-3-12-19(2)28-16-11-14-27-22(21-20(35-27)13-7-4-5-10-18-34-26(21)33)24(31)29(23(27)25(28)32)15-8-6-9-17-30/h7,11,13-14,19-23,30H,3-6,8-10,12,15-18H2,1-2H3/b13-7-/t19?,20-,21+,22+,23?,27+/m1/s1. The summed E-state index contributed by atoms with van der Waals surface area (Å²) in [5.74, 6) is -1.64. The van der Waals surface area contributed by atoms with Crippen molar-refractivity contribution in [2.75, 3.05) is 26.3 Å². The first kappa shape index (κ1) is 26.3. The molecular weight excluding hydrogens is 464 g/mol.